The molecule has 1 fully saturated rings. The average Bonchev–Trinajstić information content (AvgIpc) is 2.63. The van der Waals surface area contributed by atoms with E-state index in [4.69, 9.17) is 10.5 Å². The van der Waals surface area contributed by atoms with Crippen molar-refractivity contribution >= 4 is 35.8 Å². The van der Waals surface area contributed by atoms with Crippen LogP contribution in [0.25, 0.3) is 0 Å². The van der Waals surface area contributed by atoms with Crippen LogP contribution in [0.1, 0.15) is 45.4 Å². The molecule has 1 aliphatic heterocycles. The number of amides is 1. The first kappa shape index (κ1) is 25.4. The highest BCUT2D eigenvalue weighted by atomic mass is 127. The number of nitrogens with zero attached hydrogens (tertiary/aromatic N) is 2. The minimum absolute atomic E-state index is 0. The standard InChI is InChI=1S/C18H37N5O2.HI/c1-3-25-15-7-5-11-22-18(20-2)21-10-4-6-12-23-13-8-16(9-14-23)17(19)24;/h16H,3-15H2,1-2H3,(H2,19,24)(H2,20,21,22);1H. The van der Waals surface area contributed by atoms with Crippen molar-refractivity contribution in [2.24, 2.45) is 16.6 Å². The molecule has 0 aromatic carbocycles. The fourth-order valence-electron chi connectivity index (χ4n) is 3.01. The van der Waals surface area contributed by atoms with E-state index in [-0.39, 0.29) is 35.8 Å². The second-order valence-corrected chi connectivity index (χ2v) is 6.56. The Hall–Kier alpha value is -0.610. The van der Waals surface area contributed by atoms with Gasteiger partial charge in [-0.2, -0.15) is 0 Å². The van der Waals surface area contributed by atoms with Crippen LogP contribution in [0.2, 0.25) is 0 Å². The molecule has 1 heterocycles. The van der Waals surface area contributed by atoms with Crippen molar-refractivity contribution < 1.29 is 9.53 Å². The maximum absolute atomic E-state index is 11.2. The van der Waals surface area contributed by atoms with Crippen LogP contribution in [0.3, 0.4) is 0 Å². The van der Waals surface area contributed by atoms with Crippen LogP contribution in [0.5, 0.6) is 0 Å². The Bertz CT molecular complexity index is 388. The highest BCUT2D eigenvalue weighted by Gasteiger charge is 2.22. The van der Waals surface area contributed by atoms with Gasteiger partial charge < -0.3 is 26.0 Å². The minimum atomic E-state index is -0.138. The van der Waals surface area contributed by atoms with Gasteiger partial charge in [-0.3, -0.25) is 9.79 Å². The molecule has 0 aromatic rings. The molecule has 1 aliphatic rings. The summed E-state index contributed by atoms with van der Waals surface area (Å²) < 4.78 is 5.33. The Balaban J connectivity index is 0.00000625. The van der Waals surface area contributed by atoms with E-state index < -0.39 is 0 Å². The summed E-state index contributed by atoms with van der Waals surface area (Å²) in [7, 11) is 1.80. The van der Waals surface area contributed by atoms with Gasteiger partial charge in [-0.25, -0.2) is 0 Å². The van der Waals surface area contributed by atoms with Gasteiger partial charge in [0.15, 0.2) is 5.96 Å². The van der Waals surface area contributed by atoms with Gasteiger partial charge in [0.2, 0.25) is 5.91 Å². The molecule has 8 heteroatoms. The Kier molecular flexibility index (Phi) is 16.2. The average molecular weight is 483 g/mol. The van der Waals surface area contributed by atoms with Gasteiger partial charge >= 0.3 is 0 Å². The van der Waals surface area contributed by atoms with E-state index in [2.05, 4.69) is 20.5 Å². The lowest BCUT2D eigenvalue weighted by Crippen LogP contribution is -2.40. The zero-order valence-electron chi connectivity index (χ0n) is 16.5. The van der Waals surface area contributed by atoms with Crippen molar-refractivity contribution in [2.75, 3.05) is 53.0 Å². The van der Waals surface area contributed by atoms with Crippen molar-refractivity contribution in [1.82, 2.24) is 15.5 Å². The quantitative estimate of drug-likeness (QED) is 0.170. The molecule has 0 aromatic heterocycles. The van der Waals surface area contributed by atoms with E-state index in [1.807, 2.05) is 6.92 Å². The van der Waals surface area contributed by atoms with Crippen molar-refractivity contribution in [3.8, 4) is 0 Å². The summed E-state index contributed by atoms with van der Waals surface area (Å²) >= 11 is 0. The molecule has 1 amide bonds. The molecular weight excluding hydrogens is 445 g/mol. The molecule has 0 saturated carbocycles. The summed E-state index contributed by atoms with van der Waals surface area (Å²) in [5, 5.41) is 6.69. The third kappa shape index (κ3) is 11.9. The number of carbonyl (C=O) groups excluding carboxylic acids is 1. The maximum atomic E-state index is 11.2. The van der Waals surface area contributed by atoms with E-state index in [9.17, 15) is 4.79 Å². The summed E-state index contributed by atoms with van der Waals surface area (Å²) in [5.41, 5.74) is 5.37. The molecule has 1 rings (SSSR count). The third-order valence-electron chi connectivity index (χ3n) is 4.62. The largest absolute Gasteiger partial charge is 0.382 e. The molecule has 0 bridgehead atoms. The van der Waals surface area contributed by atoms with Crippen LogP contribution in [0, 0.1) is 5.92 Å². The fraction of sp³-hybridized carbons (Fsp3) is 0.889. The third-order valence-corrected chi connectivity index (χ3v) is 4.62. The number of rotatable bonds is 12. The molecule has 154 valence electrons. The van der Waals surface area contributed by atoms with Gasteiger partial charge in [0.1, 0.15) is 0 Å². The van der Waals surface area contributed by atoms with Gasteiger partial charge in [-0.1, -0.05) is 0 Å². The monoisotopic (exact) mass is 483 g/mol. The van der Waals surface area contributed by atoms with Crippen LogP contribution in [-0.4, -0.2) is 69.8 Å². The number of guanidine groups is 1. The van der Waals surface area contributed by atoms with Crippen molar-refractivity contribution in [3.63, 3.8) is 0 Å². The fourth-order valence-corrected chi connectivity index (χ4v) is 3.01. The Labute approximate surface area is 175 Å². The first-order chi connectivity index (χ1) is 12.2. The number of halogens is 1. The van der Waals surface area contributed by atoms with Crippen molar-refractivity contribution in [1.29, 1.82) is 0 Å². The predicted octanol–water partition coefficient (Wildman–Crippen LogP) is 1.56. The molecule has 0 unspecified atom stereocenters. The number of nitrogens with one attached hydrogen (secondary N) is 2. The molecule has 0 radical (unpaired) electrons. The smallest absolute Gasteiger partial charge is 0.220 e. The summed E-state index contributed by atoms with van der Waals surface area (Å²) in [5.74, 6) is 0.820. The molecule has 26 heavy (non-hydrogen) atoms. The lowest BCUT2D eigenvalue weighted by molar-refractivity contribution is -0.123. The molecular formula is C18H38IN5O2. The van der Waals surface area contributed by atoms with Gasteiger partial charge in [0.05, 0.1) is 0 Å². The number of nitrogens with two attached hydrogens (primary N) is 1. The van der Waals surface area contributed by atoms with Crippen LogP contribution >= 0.6 is 24.0 Å². The second kappa shape index (κ2) is 16.6. The van der Waals surface area contributed by atoms with Crippen molar-refractivity contribution in [2.45, 2.75) is 45.4 Å². The number of ether oxygens (including phenoxy) is 1. The van der Waals surface area contributed by atoms with Crippen molar-refractivity contribution in [3.05, 3.63) is 0 Å². The Morgan fingerprint density at radius 1 is 1.15 bits per heavy atom. The topological polar surface area (TPSA) is 92.0 Å². The first-order valence-corrected chi connectivity index (χ1v) is 9.71. The summed E-state index contributed by atoms with van der Waals surface area (Å²) in [6.07, 6.45) is 6.24. The van der Waals surface area contributed by atoms with Gasteiger partial charge in [0, 0.05) is 39.3 Å². The number of likely N-dealkylation sites (tertiary alicyclic amines) is 1. The number of carbonyl (C=O) groups is 1. The van der Waals surface area contributed by atoms with E-state index in [1.165, 1.54) is 0 Å². The summed E-state index contributed by atoms with van der Waals surface area (Å²) in [4.78, 5) is 17.8. The van der Waals surface area contributed by atoms with Gasteiger partial charge in [-0.15, -0.1) is 24.0 Å². The number of primary amides is 1. The lowest BCUT2D eigenvalue weighted by atomic mass is 9.96. The number of hydrogen-bond acceptors (Lipinski definition) is 4. The first-order valence-electron chi connectivity index (χ1n) is 9.71. The molecule has 1 saturated heterocycles. The maximum Gasteiger partial charge on any atom is 0.220 e. The van der Waals surface area contributed by atoms with Crippen LogP contribution in [-0.2, 0) is 9.53 Å². The number of hydrogen-bond donors (Lipinski definition) is 3. The Morgan fingerprint density at radius 2 is 1.77 bits per heavy atom. The SMILES string of the molecule is CCOCCCCNC(=NC)NCCCCN1CCC(C(N)=O)CC1.I. The Morgan fingerprint density at radius 3 is 2.31 bits per heavy atom. The van der Waals surface area contributed by atoms with E-state index in [0.717, 1.165) is 90.4 Å². The minimum Gasteiger partial charge on any atom is -0.382 e. The van der Waals surface area contributed by atoms with E-state index in [0.29, 0.717) is 0 Å². The summed E-state index contributed by atoms with van der Waals surface area (Å²) in [6.45, 7) is 8.57. The normalized spacial score (nSPS) is 16.2. The van der Waals surface area contributed by atoms with Crippen LogP contribution < -0.4 is 16.4 Å². The van der Waals surface area contributed by atoms with Gasteiger partial charge in [-0.05, 0) is 65.1 Å². The molecule has 7 nitrogen and oxygen atoms in total. The lowest BCUT2D eigenvalue weighted by Gasteiger charge is -2.30. The second-order valence-electron chi connectivity index (χ2n) is 6.56. The van der Waals surface area contributed by atoms with Crippen LogP contribution in [0.4, 0.5) is 0 Å². The zero-order chi connectivity index (χ0) is 18.3. The highest BCUT2D eigenvalue weighted by molar-refractivity contribution is 14.0. The molecule has 0 aliphatic carbocycles. The molecule has 0 atom stereocenters. The van der Waals surface area contributed by atoms with Crippen LogP contribution in [0.15, 0.2) is 4.99 Å². The van der Waals surface area contributed by atoms with E-state index in [1.54, 1.807) is 7.05 Å². The number of piperidine rings is 1. The number of unbranched alkanes of at least 4 members (excludes halogenated alkanes) is 2. The van der Waals surface area contributed by atoms with Gasteiger partial charge in [0.25, 0.3) is 0 Å². The highest BCUT2D eigenvalue weighted by Crippen LogP contribution is 2.16. The summed E-state index contributed by atoms with van der Waals surface area (Å²) in [6, 6.07) is 0. The predicted molar refractivity (Wildman–Crippen MR) is 118 cm³/mol. The number of aliphatic imine (C=N–C) groups is 1. The molecule has 4 N–H and O–H groups in total. The zero-order valence-corrected chi connectivity index (χ0v) is 18.8. The molecule has 0 spiro atoms. The van der Waals surface area contributed by atoms with E-state index >= 15 is 0 Å².